The number of carbonyl (C=O) groups is 1. The van der Waals surface area contributed by atoms with Gasteiger partial charge in [0.15, 0.2) is 6.29 Å². The number of likely N-dealkylation sites (tertiary alicyclic amines) is 1. The minimum Gasteiger partial charge on any atom is -0.392 e. The summed E-state index contributed by atoms with van der Waals surface area (Å²) in [6.07, 6.45) is 6.70. The number of benzene rings is 2. The fourth-order valence-electron chi connectivity index (χ4n) is 4.78. The molecule has 0 spiro atoms. The lowest BCUT2D eigenvalue weighted by Gasteiger charge is -2.39. The standard InChI is InChI=1S/C27H36N2O4/c1-20(31)28-24-9-7-8-23(16-24)27-32-25(18-29-14-5-3-2-4-6-15-29)17-26(33-27)22-12-10-21(19-30)11-13-22/h7-13,16,25-27,30H,2-6,14-15,17-19H2,1H3,(H,28,31)/t25-,26+,27+/m0/s1. The van der Waals surface area contributed by atoms with Crippen LogP contribution < -0.4 is 5.32 Å². The predicted molar refractivity (Wildman–Crippen MR) is 129 cm³/mol. The highest BCUT2D eigenvalue weighted by molar-refractivity contribution is 5.88. The van der Waals surface area contributed by atoms with Gasteiger partial charge in [0.2, 0.25) is 5.91 Å². The molecule has 1 amide bonds. The molecule has 0 aliphatic carbocycles. The van der Waals surface area contributed by atoms with E-state index in [1.54, 1.807) is 0 Å². The topological polar surface area (TPSA) is 71.0 Å². The number of anilines is 1. The van der Waals surface area contributed by atoms with Gasteiger partial charge in [0.1, 0.15) is 0 Å². The van der Waals surface area contributed by atoms with E-state index in [0.29, 0.717) is 0 Å². The van der Waals surface area contributed by atoms with Gasteiger partial charge in [-0.1, -0.05) is 55.7 Å². The van der Waals surface area contributed by atoms with E-state index in [9.17, 15) is 9.90 Å². The lowest BCUT2D eigenvalue weighted by Crippen LogP contribution is -2.40. The summed E-state index contributed by atoms with van der Waals surface area (Å²) in [6, 6.07) is 15.7. The van der Waals surface area contributed by atoms with E-state index >= 15 is 0 Å². The van der Waals surface area contributed by atoms with Crippen molar-refractivity contribution in [1.82, 2.24) is 4.90 Å². The highest BCUT2D eigenvalue weighted by Gasteiger charge is 2.33. The zero-order chi connectivity index (χ0) is 23.0. The molecule has 2 heterocycles. The van der Waals surface area contributed by atoms with Gasteiger partial charge in [-0.05, 0) is 49.2 Å². The number of hydrogen-bond donors (Lipinski definition) is 2. The van der Waals surface area contributed by atoms with Gasteiger partial charge in [0, 0.05) is 31.1 Å². The Hall–Kier alpha value is -2.25. The molecular formula is C27H36N2O4. The summed E-state index contributed by atoms with van der Waals surface area (Å²) in [5.74, 6) is -0.102. The quantitative estimate of drug-likeness (QED) is 0.649. The maximum atomic E-state index is 11.5. The largest absolute Gasteiger partial charge is 0.392 e. The van der Waals surface area contributed by atoms with Crippen LogP contribution in [0.1, 0.15) is 74.5 Å². The maximum Gasteiger partial charge on any atom is 0.221 e. The Morgan fingerprint density at radius 3 is 2.42 bits per heavy atom. The Kier molecular flexibility index (Phi) is 8.51. The minimum absolute atomic E-state index is 0.0328. The molecule has 178 valence electrons. The molecule has 6 nitrogen and oxygen atoms in total. The zero-order valence-electron chi connectivity index (χ0n) is 19.5. The number of amides is 1. The fourth-order valence-corrected chi connectivity index (χ4v) is 4.78. The average Bonchev–Trinajstić information content (AvgIpc) is 2.80. The van der Waals surface area contributed by atoms with Crippen molar-refractivity contribution in [3.8, 4) is 0 Å². The molecule has 2 aliphatic rings. The van der Waals surface area contributed by atoms with Crippen LogP contribution in [0.3, 0.4) is 0 Å². The van der Waals surface area contributed by atoms with Crippen molar-refractivity contribution in [2.24, 2.45) is 0 Å². The summed E-state index contributed by atoms with van der Waals surface area (Å²) >= 11 is 0. The molecule has 0 unspecified atom stereocenters. The monoisotopic (exact) mass is 452 g/mol. The molecule has 0 saturated carbocycles. The molecule has 2 fully saturated rings. The Morgan fingerprint density at radius 1 is 1.00 bits per heavy atom. The first-order chi connectivity index (χ1) is 16.1. The molecule has 0 bridgehead atoms. The number of aliphatic hydroxyl groups is 1. The molecule has 2 N–H and O–H groups in total. The summed E-state index contributed by atoms with van der Waals surface area (Å²) in [5.41, 5.74) is 3.62. The second-order valence-electron chi connectivity index (χ2n) is 9.23. The first-order valence-corrected chi connectivity index (χ1v) is 12.2. The summed E-state index contributed by atoms with van der Waals surface area (Å²) in [6.45, 7) is 4.69. The van der Waals surface area contributed by atoms with Crippen molar-refractivity contribution < 1.29 is 19.4 Å². The fraction of sp³-hybridized carbons (Fsp3) is 0.519. The van der Waals surface area contributed by atoms with Gasteiger partial charge in [-0.25, -0.2) is 0 Å². The van der Waals surface area contributed by atoms with Crippen molar-refractivity contribution in [2.45, 2.75) is 70.6 Å². The molecular weight excluding hydrogens is 416 g/mol. The van der Waals surface area contributed by atoms with Crippen LogP contribution in [0.4, 0.5) is 5.69 Å². The van der Waals surface area contributed by atoms with E-state index in [-0.39, 0.29) is 24.7 Å². The molecule has 0 radical (unpaired) electrons. The van der Waals surface area contributed by atoms with Gasteiger partial charge < -0.3 is 24.8 Å². The third-order valence-corrected chi connectivity index (χ3v) is 6.50. The molecule has 3 atom stereocenters. The molecule has 2 aliphatic heterocycles. The first-order valence-electron chi connectivity index (χ1n) is 12.2. The SMILES string of the molecule is CC(=O)Nc1cccc([C@@H]2O[C@H](CN3CCCCCCC3)C[C@H](c3ccc(CO)cc3)O2)c1. The maximum absolute atomic E-state index is 11.5. The van der Waals surface area contributed by atoms with Crippen molar-refractivity contribution >= 4 is 11.6 Å². The lowest BCUT2D eigenvalue weighted by molar-refractivity contribution is -0.253. The summed E-state index contributed by atoms with van der Waals surface area (Å²) < 4.78 is 12.9. The Morgan fingerprint density at radius 2 is 1.73 bits per heavy atom. The van der Waals surface area contributed by atoms with E-state index in [1.165, 1.54) is 39.0 Å². The van der Waals surface area contributed by atoms with Crippen LogP contribution in [0.2, 0.25) is 0 Å². The average molecular weight is 453 g/mol. The molecule has 2 aromatic rings. The number of rotatable bonds is 6. The van der Waals surface area contributed by atoms with Crippen LogP contribution in [0, 0.1) is 0 Å². The number of nitrogens with one attached hydrogen (secondary N) is 1. The van der Waals surface area contributed by atoms with Gasteiger partial charge in [0.25, 0.3) is 0 Å². The summed E-state index contributed by atoms with van der Waals surface area (Å²) in [5, 5.41) is 12.2. The second-order valence-corrected chi connectivity index (χ2v) is 9.23. The van der Waals surface area contributed by atoms with Crippen LogP contribution in [0.25, 0.3) is 0 Å². The molecule has 2 aromatic carbocycles. The van der Waals surface area contributed by atoms with Gasteiger partial charge in [-0.15, -0.1) is 0 Å². The Bertz CT molecular complexity index is 893. The lowest BCUT2D eigenvalue weighted by atomic mass is 9.99. The van der Waals surface area contributed by atoms with Crippen LogP contribution in [0.15, 0.2) is 48.5 Å². The minimum atomic E-state index is -0.505. The molecule has 6 heteroatoms. The van der Waals surface area contributed by atoms with Crippen molar-refractivity contribution in [3.05, 3.63) is 65.2 Å². The zero-order valence-corrected chi connectivity index (χ0v) is 19.5. The van der Waals surface area contributed by atoms with E-state index in [0.717, 1.165) is 48.4 Å². The van der Waals surface area contributed by atoms with Gasteiger partial charge in [-0.3, -0.25) is 4.79 Å². The van der Waals surface area contributed by atoms with E-state index in [4.69, 9.17) is 9.47 Å². The van der Waals surface area contributed by atoms with Crippen LogP contribution in [-0.4, -0.2) is 41.7 Å². The third kappa shape index (κ3) is 6.87. The number of ether oxygens (including phenoxy) is 2. The third-order valence-electron chi connectivity index (χ3n) is 6.50. The van der Waals surface area contributed by atoms with Crippen LogP contribution in [-0.2, 0) is 20.9 Å². The number of carbonyl (C=O) groups excluding carboxylic acids is 1. The van der Waals surface area contributed by atoms with E-state index < -0.39 is 6.29 Å². The summed E-state index contributed by atoms with van der Waals surface area (Å²) in [4.78, 5) is 14.1. The first kappa shape index (κ1) is 23.9. The molecule has 4 rings (SSSR count). The normalized spacial score (nSPS) is 24.6. The summed E-state index contributed by atoms with van der Waals surface area (Å²) in [7, 11) is 0. The molecule has 0 aromatic heterocycles. The van der Waals surface area contributed by atoms with Gasteiger partial charge >= 0.3 is 0 Å². The van der Waals surface area contributed by atoms with Crippen LogP contribution >= 0.6 is 0 Å². The highest BCUT2D eigenvalue weighted by atomic mass is 16.7. The number of nitrogens with zero attached hydrogens (tertiary/aromatic N) is 1. The van der Waals surface area contributed by atoms with Crippen molar-refractivity contribution in [3.63, 3.8) is 0 Å². The van der Waals surface area contributed by atoms with Gasteiger partial charge in [0.05, 0.1) is 18.8 Å². The van der Waals surface area contributed by atoms with E-state index in [2.05, 4.69) is 10.2 Å². The second kappa shape index (κ2) is 11.7. The highest BCUT2D eigenvalue weighted by Crippen LogP contribution is 2.38. The Balaban J connectivity index is 1.54. The predicted octanol–water partition coefficient (Wildman–Crippen LogP) is 4.95. The van der Waals surface area contributed by atoms with E-state index in [1.807, 2.05) is 48.5 Å². The van der Waals surface area contributed by atoms with Crippen molar-refractivity contribution in [2.75, 3.05) is 25.0 Å². The van der Waals surface area contributed by atoms with Crippen LogP contribution in [0.5, 0.6) is 0 Å². The van der Waals surface area contributed by atoms with Gasteiger partial charge in [-0.2, -0.15) is 0 Å². The Labute approximate surface area is 196 Å². The number of hydrogen-bond acceptors (Lipinski definition) is 5. The smallest absolute Gasteiger partial charge is 0.221 e. The molecule has 33 heavy (non-hydrogen) atoms. The van der Waals surface area contributed by atoms with Crippen molar-refractivity contribution in [1.29, 1.82) is 0 Å². The molecule has 2 saturated heterocycles. The number of aliphatic hydroxyl groups excluding tert-OH is 1.